The van der Waals surface area contributed by atoms with Gasteiger partial charge in [0, 0.05) is 69.4 Å². The highest BCUT2D eigenvalue weighted by atomic mass is 16.5. The number of ether oxygens (including phenoxy) is 2. The fourth-order valence-corrected chi connectivity index (χ4v) is 4.13. The summed E-state index contributed by atoms with van der Waals surface area (Å²) in [6.07, 6.45) is 3.02. The van der Waals surface area contributed by atoms with Crippen LogP contribution in [0.3, 0.4) is 0 Å². The summed E-state index contributed by atoms with van der Waals surface area (Å²) in [5, 5.41) is 11.5. The number of hydrogen-bond donors (Lipinski definition) is 2. The van der Waals surface area contributed by atoms with E-state index >= 15 is 0 Å². The van der Waals surface area contributed by atoms with E-state index in [1.165, 1.54) is 11.3 Å². The maximum Gasteiger partial charge on any atom is 0.191 e. The number of methoxy groups -OCH3 is 2. The summed E-state index contributed by atoms with van der Waals surface area (Å²) >= 11 is 0. The third-order valence-corrected chi connectivity index (χ3v) is 6.09. The van der Waals surface area contributed by atoms with Gasteiger partial charge in [-0.3, -0.25) is 9.67 Å². The molecule has 1 aromatic heterocycles. The van der Waals surface area contributed by atoms with E-state index in [0.29, 0.717) is 6.04 Å². The SMILES string of the molecule is CN=C(NCCc1c(C)nn(C)c1C)NC1CCN(c2cc(OC)cc(OC)c2)CC1. The molecule has 0 unspecified atom stereocenters. The first-order chi connectivity index (χ1) is 14.9. The second-order valence-electron chi connectivity index (χ2n) is 8.00. The van der Waals surface area contributed by atoms with Crippen molar-refractivity contribution in [1.82, 2.24) is 20.4 Å². The molecule has 0 saturated carbocycles. The molecular formula is C23H36N6O2. The summed E-state index contributed by atoms with van der Waals surface area (Å²) in [6, 6.07) is 6.44. The topological polar surface area (TPSA) is 75.9 Å². The van der Waals surface area contributed by atoms with Crippen molar-refractivity contribution in [2.75, 3.05) is 45.8 Å². The second kappa shape index (κ2) is 10.4. The molecule has 0 bridgehead atoms. The molecule has 1 fully saturated rings. The first kappa shape index (κ1) is 22.8. The van der Waals surface area contributed by atoms with Crippen molar-refractivity contribution >= 4 is 11.6 Å². The zero-order valence-corrected chi connectivity index (χ0v) is 19.7. The van der Waals surface area contributed by atoms with Crippen LogP contribution in [-0.2, 0) is 13.5 Å². The van der Waals surface area contributed by atoms with Crippen molar-refractivity contribution in [3.63, 3.8) is 0 Å². The molecule has 1 saturated heterocycles. The second-order valence-corrected chi connectivity index (χ2v) is 8.00. The lowest BCUT2D eigenvalue weighted by Gasteiger charge is -2.34. The smallest absolute Gasteiger partial charge is 0.191 e. The highest BCUT2D eigenvalue weighted by Gasteiger charge is 2.21. The molecule has 2 heterocycles. The zero-order valence-electron chi connectivity index (χ0n) is 19.7. The lowest BCUT2D eigenvalue weighted by atomic mass is 10.0. The number of aromatic nitrogens is 2. The molecule has 1 aromatic carbocycles. The minimum atomic E-state index is 0.400. The van der Waals surface area contributed by atoms with Crippen molar-refractivity contribution in [3.8, 4) is 11.5 Å². The molecule has 0 spiro atoms. The van der Waals surface area contributed by atoms with Gasteiger partial charge >= 0.3 is 0 Å². The Labute approximate surface area is 185 Å². The van der Waals surface area contributed by atoms with Crippen LogP contribution in [0.25, 0.3) is 0 Å². The molecule has 31 heavy (non-hydrogen) atoms. The van der Waals surface area contributed by atoms with Crippen molar-refractivity contribution in [1.29, 1.82) is 0 Å². The number of nitrogens with one attached hydrogen (secondary N) is 2. The van der Waals surface area contributed by atoms with Crippen LogP contribution in [0.2, 0.25) is 0 Å². The van der Waals surface area contributed by atoms with Crippen molar-refractivity contribution in [2.45, 2.75) is 39.2 Å². The van der Waals surface area contributed by atoms with Gasteiger partial charge in [0.1, 0.15) is 11.5 Å². The molecule has 8 heteroatoms. The number of rotatable bonds is 7. The van der Waals surface area contributed by atoms with E-state index < -0.39 is 0 Å². The van der Waals surface area contributed by atoms with Gasteiger partial charge in [0.25, 0.3) is 0 Å². The number of nitrogens with zero attached hydrogens (tertiary/aromatic N) is 4. The van der Waals surface area contributed by atoms with Crippen LogP contribution in [0.1, 0.15) is 29.8 Å². The fourth-order valence-electron chi connectivity index (χ4n) is 4.13. The Bertz CT molecular complexity index is 877. The van der Waals surface area contributed by atoms with Gasteiger partial charge in [-0.05, 0) is 38.7 Å². The molecule has 8 nitrogen and oxygen atoms in total. The van der Waals surface area contributed by atoms with E-state index in [9.17, 15) is 0 Å². The quantitative estimate of drug-likeness (QED) is 0.521. The van der Waals surface area contributed by atoms with Gasteiger partial charge in [-0.2, -0.15) is 5.10 Å². The van der Waals surface area contributed by atoms with E-state index in [0.717, 1.165) is 67.7 Å². The third kappa shape index (κ3) is 5.62. The predicted octanol–water partition coefficient (Wildman–Crippen LogP) is 2.43. The van der Waals surface area contributed by atoms with E-state index in [2.05, 4.69) is 51.6 Å². The molecule has 3 rings (SSSR count). The molecule has 0 radical (unpaired) electrons. The minimum absolute atomic E-state index is 0.400. The number of aliphatic imine (C=N–C) groups is 1. The molecular weight excluding hydrogens is 392 g/mol. The van der Waals surface area contributed by atoms with Crippen LogP contribution in [0.5, 0.6) is 11.5 Å². The van der Waals surface area contributed by atoms with Crippen molar-refractivity contribution in [2.24, 2.45) is 12.0 Å². The maximum absolute atomic E-state index is 5.41. The Morgan fingerprint density at radius 2 is 1.77 bits per heavy atom. The number of benzene rings is 1. The summed E-state index contributed by atoms with van der Waals surface area (Å²) in [4.78, 5) is 6.80. The first-order valence-corrected chi connectivity index (χ1v) is 10.9. The Morgan fingerprint density at radius 1 is 1.13 bits per heavy atom. The van der Waals surface area contributed by atoms with Crippen LogP contribution in [0.4, 0.5) is 5.69 Å². The monoisotopic (exact) mass is 428 g/mol. The van der Waals surface area contributed by atoms with E-state index in [1.54, 1.807) is 14.2 Å². The van der Waals surface area contributed by atoms with Crippen LogP contribution >= 0.6 is 0 Å². The van der Waals surface area contributed by atoms with Crippen LogP contribution in [0, 0.1) is 13.8 Å². The Hall–Kier alpha value is -2.90. The molecule has 1 aliphatic rings. The molecule has 2 N–H and O–H groups in total. The molecule has 0 amide bonds. The van der Waals surface area contributed by atoms with Gasteiger partial charge in [0.15, 0.2) is 5.96 Å². The van der Waals surface area contributed by atoms with Gasteiger partial charge in [-0.15, -0.1) is 0 Å². The van der Waals surface area contributed by atoms with E-state index in [4.69, 9.17) is 9.47 Å². The van der Waals surface area contributed by atoms with Gasteiger partial charge in [-0.1, -0.05) is 0 Å². The van der Waals surface area contributed by atoms with Crippen LogP contribution < -0.4 is 25.0 Å². The summed E-state index contributed by atoms with van der Waals surface area (Å²) in [7, 11) is 7.19. The zero-order chi connectivity index (χ0) is 22.4. The number of aryl methyl sites for hydroxylation is 2. The third-order valence-electron chi connectivity index (χ3n) is 6.09. The van der Waals surface area contributed by atoms with Gasteiger partial charge < -0.3 is 25.0 Å². The van der Waals surface area contributed by atoms with Crippen LogP contribution in [-0.4, -0.2) is 62.7 Å². The average Bonchev–Trinajstić information content (AvgIpc) is 3.04. The first-order valence-electron chi connectivity index (χ1n) is 10.9. The lowest BCUT2D eigenvalue weighted by Crippen LogP contribution is -2.49. The van der Waals surface area contributed by atoms with Crippen LogP contribution in [0.15, 0.2) is 23.2 Å². The fraction of sp³-hybridized carbons (Fsp3) is 0.565. The Kier molecular flexibility index (Phi) is 7.65. The number of piperidine rings is 1. The molecule has 170 valence electrons. The summed E-state index contributed by atoms with van der Waals surface area (Å²) in [6.45, 7) is 6.96. The number of anilines is 1. The van der Waals surface area contributed by atoms with E-state index in [-0.39, 0.29) is 0 Å². The van der Waals surface area contributed by atoms with Gasteiger partial charge in [0.05, 0.1) is 19.9 Å². The van der Waals surface area contributed by atoms with Crippen molar-refractivity contribution < 1.29 is 9.47 Å². The highest BCUT2D eigenvalue weighted by molar-refractivity contribution is 5.80. The highest BCUT2D eigenvalue weighted by Crippen LogP contribution is 2.30. The van der Waals surface area contributed by atoms with Crippen molar-refractivity contribution in [3.05, 3.63) is 35.2 Å². The van der Waals surface area contributed by atoms with Gasteiger partial charge in [-0.25, -0.2) is 0 Å². The largest absolute Gasteiger partial charge is 0.497 e. The predicted molar refractivity (Wildman–Crippen MR) is 126 cm³/mol. The van der Waals surface area contributed by atoms with E-state index in [1.807, 2.05) is 24.8 Å². The number of hydrogen-bond acceptors (Lipinski definition) is 5. The standard InChI is InChI=1S/C23H36N6O2/c1-16-22(17(2)28(4)27-16)7-10-25-23(24-3)26-18-8-11-29(12-9-18)19-13-20(30-5)15-21(14-19)31-6/h13-15,18H,7-12H2,1-6H3,(H2,24,25,26). The molecule has 1 aliphatic heterocycles. The minimum Gasteiger partial charge on any atom is -0.497 e. The molecule has 0 aliphatic carbocycles. The molecule has 0 atom stereocenters. The Morgan fingerprint density at radius 3 is 2.29 bits per heavy atom. The number of guanidine groups is 1. The molecule has 2 aromatic rings. The summed E-state index contributed by atoms with van der Waals surface area (Å²) < 4.78 is 12.8. The normalized spacial score (nSPS) is 15.2. The Balaban J connectivity index is 1.49. The lowest BCUT2D eigenvalue weighted by molar-refractivity contribution is 0.393. The summed E-state index contributed by atoms with van der Waals surface area (Å²) in [5.41, 5.74) is 4.78. The summed E-state index contributed by atoms with van der Waals surface area (Å²) in [5.74, 6) is 2.50. The van der Waals surface area contributed by atoms with Gasteiger partial charge in [0.2, 0.25) is 0 Å². The maximum atomic E-state index is 5.41. The average molecular weight is 429 g/mol.